The Balaban J connectivity index is 0.00000161. The maximum Gasteiger partial charge on any atom is 0.251 e. The van der Waals surface area contributed by atoms with Crippen LogP contribution < -0.4 is 15.4 Å². The minimum atomic E-state index is 0. The van der Waals surface area contributed by atoms with E-state index in [4.69, 9.17) is 4.74 Å². The fraction of sp³-hybridized carbons (Fsp3) is 0.562. The normalized spacial score (nSPS) is 18.7. The number of nitrogens with one attached hydrogen (secondary N) is 2. The van der Waals surface area contributed by atoms with Crippen LogP contribution in [-0.2, 0) is 0 Å². The predicted molar refractivity (Wildman–Crippen MR) is 85.3 cm³/mol. The van der Waals surface area contributed by atoms with Crippen molar-refractivity contribution in [2.24, 2.45) is 5.92 Å². The maximum atomic E-state index is 11.9. The lowest BCUT2D eigenvalue weighted by molar-refractivity contribution is 0.0951. The van der Waals surface area contributed by atoms with Gasteiger partial charge < -0.3 is 15.4 Å². The van der Waals surface area contributed by atoms with Gasteiger partial charge in [-0.2, -0.15) is 0 Å². The van der Waals surface area contributed by atoms with Crippen molar-refractivity contribution >= 4 is 18.3 Å². The highest BCUT2D eigenvalue weighted by atomic mass is 35.5. The summed E-state index contributed by atoms with van der Waals surface area (Å²) in [7, 11) is 0. The summed E-state index contributed by atoms with van der Waals surface area (Å²) in [5.74, 6) is 1.53. The van der Waals surface area contributed by atoms with Gasteiger partial charge in [-0.15, -0.1) is 12.4 Å². The Kier molecular flexibility index (Phi) is 5.88. The second-order valence-electron chi connectivity index (χ2n) is 5.78. The SMILES string of the molecule is Cl.O=C(NC1CC1)c1ccc(OCC2CCNCC2)cc1. The average molecular weight is 311 g/mol. The van der Waals surface area contributed by atoms with Gasteiger partial charge in [0.25, 0.3) is 5.91 Å². The highest BCUT2D eigenvalue weighted by Crippen LogP contribution is 2.20. The van der Waals surface area contributed by atoms with Crippen LogP contribution in [0.15, 0.2) is 24.3 Å². The lowest BCUT2D eigenvalue weighted by atomic mass is 9.99. The predicted octanol–water partition coefficient (Wildman–Crippen LogP) is 2.38. The van der Waals surface area contributed by atoms with E-state index in [1.54, 1.807) is 0 Å². The molecule has 3 rings (SSSR count). The summed E-state index contributed by atoms with van der Waals surface area (Å²) in [4.78, 5) is 11.9. The Hall–Kier alpha value is -1.26. The number of carbonyl (C=O) groups is 1. The molecule has 1 aromatic rings. The van der Waals surface area contributed by atoms with Crippen LogP contribution in [0.5, 0.6) is 5.75 Å². The average Bonchev–Trinajstić information content (AvgIpc) is 3.31. The molecule has 0 bridgehead atoms. The smallest absolute Gasteiger partial charge is 0.251 e. The van der Waals surface area contributed by atoms with Gasteiger partial charge in [0.2, 0.25) is 0 Å². The molecule has 1 aliphatic heterocycles. The van der Waals surface area contributed by atoms with Crippen LogP contribution in [0.2, 0.25) is 0 Å². The van der Waals surface area contributed by atoms with Crippen molar-refractivity contribution < 1.29 is 9.53 Å². The third kappa shape index (κ3) is 4.90. The Bertz CT molecular complexity index is 454. The van der Waals surface area contributed by atoms with Gasteiger partial charge in [-0.3, -0.25) is 4.79 Å². The summed E-state index contributed by atoms with van der Waals surface area (Å²) in [6, 6.07) is 7.87. The quantitative estimate of drug-likeness (QED) is 0.878. The largest absolute Gasteiger partial charge is 0.493 e. The monoisotopic (exact) mass is 310 g/mol. The third-order valence-corrected chi connectivity index (χ3v) is 3.97. The van der Waals surface area contributed by atoms with Crippen LogP contribution in [0.4, 0.5) is 0 Å². The Labute approximate surface area is 132 Å². The molecular formula is C16H23ClN2O2. The molecule has 4 nitrogen and oxygen atoms in total. The number of amides is 1. The number of halogens is 1. The van der Waals surface area contributed by atoms with Gasteiger partial charge in [0.05, 0.1) is 6.61 Å². The fourth-order valence-corrected chi connectivity index (χ4v) is 2.46. The highest BCUT2D eigenvalue weighted by Gasteiger charge is 2.23. The van der Waals surface area contributed by atoms with E-state index < -0.39 is 0 Å². The lowest BCUT2D eigenvalue weighted by Crippen LogP contribution is -2.30. The molecule has 1 heterocycles. The zero-order chi connectivity index (χ0) is 13.8. The zero-order valence-corrected chi connectivity index (χ0v) is 13.0. The molecule has 0 unspecified atom stereocenters. The standard InChI is InChI=1S/C16H22N2O2.ClH/c19-16(18-14-3-4-14)13-1-5-15(6-2-13)20-11-12-7-9-17-10-8-12;/h1-2,5-6,12,14,17H,3-4,7-11H2,(H,18,19);1H. The number of rotatable bonds is 5. The molecule has 0 radical (unpaired) electrons. The Morgan fingerprint density at radius 3 is 2.43 bits per heavy atom. The van der Waals surface area contributed by atoms with E-state index in [1.165, 1.54) is 12.8 Å². The minimum absolute atomic E-state index is 0. The van der Waals surface area contributed by atoms with Gasteiger partial charge in [0.1, 0.15) is 5.75 Å². The minimum Gasteiger partial charge on any atom is -0.493 e. The summed E-state index contributed by atoms with van der Waals surface area (Å²) in [5.41, 5.74) is 0.714. The molecule has 1 saturated heterocycles. The number of benzene rings is 1. The van der Waals surface area contributed by atoms with Crippen LogP contribution in [0.3, 0.4) is 0 Å². The first-order valence-electron chi connectivity index (χ1n) is 7.56. The lowest BCUT2D eigenvalue weighted by Gasteiger charge is -2.22. The number of piperidine rings is 1. The third-order valence-electron chi connectivity index (χ3n) is 3.97. The van der Waals surface area contributed by atoms with Crippen molar-refractivity contribution in [3.05, 3.63) is 29.8 Å². The number of carbonyl (C=O) groups excluding carboxylic acids is 1. The zero-order valence-electron chi connectivity index (χ0n) is 12.1. The van der Waals surface area contributed by atoms with Crippen LogP contribution in [0.1, 0.15) is 36.0 Å². The topological polar surface area (TPSA) is 50.4 Å². The first-order valence-corrected chi connectivity index (χ1v) is 7.56. The van der Waals surface area contributed by atoms with Crippen molar-refractivity contribution in [2.45, 2.75) is 31.7 Å². The van der Waals surface area contributed by atoms with Crippen LogP contribution in [0, 0.1) is 5.92 Å². The van der Waals surface area contributed by atoms with Crippen LogP contribution >= 0.6 is 12.4 Å². The van der Waals surface area contributed by atoms with Gasteiger partial charge >= 0.3 is 0 Å². The van der Waals surface area contributed by atoms with Gasteiger partial charge in [-0.05, 0) is 69.0 Å². The molecule has 0 aromatic heterocycles. The molecule has 1 amide bonds. The molecular weight excluding hydrogens is 288 g/mol. The second kappa shape index (κ2) is 7.66. The summed E-state index contributed by atoms with van der Waals surface area (Å²) in [5, 5.41) is 6.34. The van der Waals surface area contributed by atoms with Crippen molar-refractivity contribution in [3.63, 3.8) is 0 Å². The summed E-state index contributed by atoms with van der Waals surface area (Å²) in [6.45, 7) is 2.96. The van der Waals surface area contributed by atoms with E-state index in [1.807, 2.05) is 24.3 Å². The van der Waals surface area contributed by atoms with E-state index in [2.05, 4.69) is 10.6 Å². The van der Waals surface area contributed by atoms with E-state index in [0.717, 1.165) is 38.3 Å². The molecule has 1 aromatic carbocycles. The van der Waals surface area contributed by atoms with Gasteiger partial charge in [-0.25, -0.2) is 0 Å². The van der Waals surface area contributed by atoms with Gasteiger partial charge in [0.15, 0.2) is 0 Å². The highest BCUT2D eigenvalue weighted by molar-refractivity contribution is 5.94. The summed E-state index contributed by atoms with van der Waals surface area (Å²) < 4.78 is 5.81. The van der Waals surface area contributed by atoms with Crippen molar-refractivity contribution in [2.75, 3.05) is 19.7 Å². The van der Waals surface area contributed by atoms with E-state index in [9.17, 15) is 4.79 Å². The molecule has 1 aliphatic carbocycles. The van der Waals surface area contributed by atoms with Gasteiger partial charge in [0, 0.05) is 11.6 Å². The number of hydrogen-bond donors (Lipinski definition) is 2. The molecule has 0 spiro atoms. The number of hydrogen-bond acceptors (Lipinski definition) is 3. The molecule has 5 heteroatoms. The molecule has 21 heavy (non-hydrogen) atoms. The first kappa shape index (κ1) is 16.1. The molecule has 0 atom stereocenters. The second-order valence-corrected chi connectivity index (χ2v) is 5.78. The van der Waals surface area contributed by atoms with E-state index >= 15 is 0 Å². The van der Waals surface area contributed by atoms with Crippen molar-refractivity contribution in [1.29, 1.82) is 0 Å². The molecule has 2 aliphatic rings. The first-order chi connectivity index (χ1) is 9.81. The molecule has 2 fully saturated rings. The van der Waals surface area contributed by atoms with E-state index in [-0.39, 0.29) is 18.3 Å². The van der Waals surface area contributed by atoms with Crippen LogP contribution in [0.25, 0.3) is 0 Å². The molecule has 116 valence electrons. The summed E-state index contributed by atoms with van der Waals surface area (Å²) >= 11 is 0. The maximum absolute atomic E-state index is 11.9. The van der Waals surface area contributed by atoms with Crippen LogP contribution in [-0.4, -0.2) is 31.6 Å². The Morgan fingerprint density at radius 2 is 1.81 bits per heavy atom. The van der Waals surface area contributed by atoms with Gasteiger partial charge in [-0.1, -0.05) is 0 Å². The van der Waals surface area contributed by atoms with Crippen molar-refractivity contribution in [1.82, 2.24) is 10.6 Å². The van der Waals surface area contributed by atoms with Crippen molar-refractivity contribution in [3.8, 4) is 5.75 Å². The van der Waals surface area contributed by atoms with E-state index in [0.29, 0.717) is 17.5 Å². The summed E-state index contributed by atoms with van der Waals surface area (Å²) in [6.07, 6.45) is 4.59. The fourth-order valence-electron chi connectivity index (χ4n) is 2.46. The number of ether oxygens (including phenoxy) is 1. The molecule has 1 saturated carbocycles. The molecule has 2 N–H and O–H groups in total. The Morgan fingerprint density at radius 1 is 1.14 bits per heavy atom.